The zero-order valence-electron chi connectivity index (χ0n) is 15.6. The first-order valence-corrected chi connectivity index (χ1v) is 9.40. The Balaban J connectivity index is 1.62. The number of alkyl carbamates (subject to hydrolysis) is 1. The average Bonchev–Trinajstić information content (AvgIpc) is 3.13. The summed E-state index contributed by atoms with van der Waals surface area (Å²) < 4.78 is 5.03. The number of thiazole rings is 1. The number of aliphatic carboxylic acids is 1. The van der Waals surface area contributed by atoms with Crippen molar-refractivity contribution in [3.8, 4) is 0 Å². The van der Waals surface area contributed by atoms with E-state index >= 15 is 0 Å². The number of aryl methyl sites for hydroxylation is 1. The Labute approximate surface area is 170 Å². The molecule has 0 radical (unpaired) electrons. The first-order chi connectivity index (χ1) is 14.0. The average molecular weight is 420 g/mol. The lowest BCUT2D eigenvalue weighted by Gasteiger charge is -2.08. The summed E-state index contributed by atoms with van der Waals surface area (Å²) in [5.41, 5.74) is 0.644. The first-order valence-electron chi connectivity index (χ1n) is 8.52. The number of carbonyl (C=O) groups excluding carboxylic acids is 2. The van der Waals surface area contributed by atoms with Gasteiger partial charge in [-0.25, -0.2) is 14.6 Å². The van der Waals surface area contributed by atoms with Gasteiger partial charge in [0.05, 0.1) is 5.01 Å². The second-order valence-electron chi connectivity index (χ2n) is 5.61. The van der Waals surface area contributed by atoms with Crippen LogP contribution in [0.1, 0.15) is 16.3 Å². The zero-order valence-corrected chi connectivity index (χ0v) is 16.4. The van der Waals surface area contributed by atoms with Crippen LogP contribution in [0.2, 0.25) is 0 Å². The highest BCUT2D eigenvalue weighted by Gasteiger charge is 2.17. The monoisotopic (exact) mass is 420 g/mol. The molecule has 1 heterocycles. The van der Waals surface area contributed by atoms with Gasteiger partial charge in [0.15, 0.2) is 6.61 Å². The van der Waals surface area contributed by atoms with Crippen molar-refractivity contribution < 1.29 is 29.1 Å². The molecule has 0 saturated heterocycles. The van der Waals surface area contributed by atoms with Crippen molar-refractivity contribution in [1.29, 1.82) is 0 Å². The standard InChI is InChI=1S/C18H20N4O6S/c1-12-21-14(11-29-12)16(17(24)25)22-28-10-15(23)19-7-8-20-18(26)27-9-13-5-3-2-4-6-13/h2-6,11H,7-10H2,1H3,(H,19,23)(H,20,26)(H,24,25)/b22-16-. The number of oxime groups is 1. The molecule has 0 atom stereocenters. The van der Waals surface area contributed by atoms with Gasteiger partial charge in [-0.05, 0) is 12.5 Å². The van der Waals surface area contributed by atoms with Crippen molar-refractivity contribution >= 4 is 35.0 Å². The van der Waals surface area contributed by atoms with Crippen LogP contribution in [0.25, 0.3) is 0 Å². The molecule has 1 aromatic heterocycles. The van der Waals surface area contributed by atoms with Crippen LogP contribution in [0, 0.1) is 6.92 Å². The van der Waals surface area contributed by atoms with Crippen molar-refractivity contribution in [3.05, 3.63) is 52.0 Å². The summed E-state index contributed by atoms with van der Waals surface area (Å²) in [5, 5.41) is 19.8. The van der Waals surface area contributed by atoms with Crippen LogP contribution >= 0.6 is 11.3 Å². The highest BCUT2D eigenvalue weighted by Crippen LogP contribution is 2.09. The molecule has 1 aromatic carbocycles. The summed E-state index contributed by atoms with van der Waals surface area (Å²) in [7, 11) is 0. The van der Waals surface area contributed by atoms with Crippen molar-refractivity contribution in [2.45, 2.75) is 13.5 Å². The number of benzene rings is 1. The van der Waals surface area contributed by atoms with Gasteiger partial charge in [0.2, 0.25) is 5.71 Å². The zero-order chi connectivity index (χ0) is 21.1. The van der Waals surface area contributed by atoms with E-state index in [4.69, 9.17) is 14.7 Å². The van der Waals surface area contributed by atoms with E-state index in [0.29, 0.717) is 5.01 Å². The fourth-order valence-electron chi connectivity index (χ4n) is 2.01. The van der Waals surface area contributed by atoms with Crippen molar-refractivity contribution in [2.24, 2.45) is 5.16 Å². The second-order valence-corrected chi connectivity index (χ2v) is 6.67. The van der Waals surface area contributed by atoms with Gasteiger partial charge in [-0.15, -0.1) is 11.3 Å². The highest BCUT2D eigenvalue weighted by atomic mass is 32.1. The lowest BCUT2D eigenvalue weighted by atomic mass is 10.2. The molecular weight excluding hydrogens is 400 g/mol. The minimum atomic E-state index is -1.31. The summed E-state index contributed by atoms with van der Waals surface area (Å²) in [6.45, 7) is 1.70. The maximum atomic E-state index is 11.7. The van der Waals surface area contributed by atoms with Gasteiger partial charge >= 0.3 is 12.1 Å². The Hall–Kier alpha value is -3.47. The smallest absolute Gasteiger partial charge is 0.407 e. The Morgan fingerprint density at radius 1 is 1.17 bits per heavy atom. The van der Waals surface area contributed by atoms with Gasteiger partial charge in [0.1, 0.15) is 12.3 Å². The van der Waals surface area contributed by atoms with E-state index < -0.39 is 24.6 Å². The third kappa shape index (κ3) is 7.97. The number of aromatic nitrogens is 1. The first kappa shape index (κ1) is 21.8. The lowest BCUT2D eigenvalue weighted by molar-refractivity contribution is -0.130. The van der Waals surface area contributed by atoms with E-state index in [9.17, 15) is 14.4 Å². The minimum Gasteiger partial charge on any atom is -0.476 e. The van der Waals surface area contributed by atoms with Crippen LogP contribution in [-0.4, -0.2) is 53.5 Å². The fourth-order valence-corrected chi connectivity index (χ4v) is 2.61. The fraction of sp³-hybridized carbons (Fsp3) is 0.278. The number of nitrogens with zero attached hydrogens (tertiary/aromatic N) is 2. The van der Waals surface area contributed by atoms with Crippen LogP contribution in [0.5, 0.6) is 0 Å². The number of carboxylic acid groups (broad SMARTS) is 1. The Bertz CT molecular complexity index is 868. The third-order valence-electron chi connectivity index (χ3n) is 3.34. The molecular formula is C18H20N4O6S. The second kappa shape index (κ2) is 11.4. The van der Waals surface area contributed by atoms with Gasteiger partial charge in [-0.3, -0.25) is 4.79 Å². The minimum absolute atomic E-state index is 0.142. The number of carbonyl (C=O) groups is 3. The topological polar surface area (TPSA) is 139 Å². The van der Waals surface area contributed by atoms with E-state index in [-0.39, 0.29) is 31.1 Å². The number of nitrogens with one attached hydrogen (secondary N) is 2. The molecule has 0 saturated carbocycles. The third-order valence-corrected chi connectivity index (χ3v) is 4.12. The molecule has 2 amide bonds. The molecule has 154 valence electrons. The predicted molar refractivity (Wildman–Crippen MR) is 105 cm³/mol. The SMILES string of the molecule is Cc1nc(/C(=N/OCC(=O)NCCNC(=O)OCc2ccccc2)C(=O)O)cs1. The molecule has 0 spiro atoms. The van der Waals surface area contributed by atoms with Crippen LogP contribution < -0.4 is 10.6 Å². The molecule has 0 aliphatic heterocycles. The van der Waals surface area contributed by atoms with E-state index in [1.54, 1.807) is 6.92 Å². The maximum absolute atomic E-state index is 11.7. The maximum Gasteiger partial charge on any atom is 0.407 e. The van der Waals surface area contributed by atoms with E-state index in [1.165, 1.54) is 16.7 Å². The summed E-state index contributed by atoms with van der Waals surface area (Å²) in [4.78, 5) is 43.3. The lowest BCUT2D eigenvalue weighted by Crippen LogP contribution is -2.36. The summed E-state index contributed by atoms with van der Waals surface area (Å²) >= 11 is 1.27. The molecule has 10 nitrogen and oxygen atoms in total. The van der Waals surface area contributed by atoms with Crippen molar-refractivity contribution in [1.82, 2.24) is 15.6 Å². The Morgan fingerprint density at radius 3 is 2.55 bits per heavy atom. The van der Waals surface area contributed by atoms with Crippen LogP contribution in [0.4, 0.5) is 4.79 Å². The Kier molecular flexibility index (Phi) is 8.57. The number of ether oxygens (including phenoxy) is 1. The van der Waals surface area contributed by atoms with E-state index in [1.807, 2.05) is 30.3 Å². The summed E-state index contributed by atoms with van der Waals surface area (Å²) in [5.74, 6) is -1.83. The normalized spacial score (nSPS) is 10.9. The molecule has 3 N–H and O–H groups in total. The Morgan fingerprint density at radius 2 is 1.90 bits per heavy atom. The highest BCUT2D eigenvalue weighted by molar-refractivity contribution is 7.09. The number of hydrogen-bond donors (Lipinski definition) is 3. The molecule has 0 unspecified atom stereocenters. The summed E-state index contributed by atoms with van der Waals surface area (Å²) in [6.07, 6.45) is -0.603. The van der Waals surface area contributed by atoms with E-state index in [0.717, 1.165) is 5.56 Å². The number of rotatable bonds is 10. The summed E-state index contributed by atoms with van der Waals surface area (Å²) in [6, 6.07) is 9.22. The number of hydrogen-bond acceptors (Lipinski definition) is 8. The number of amides is 2. The van der Waals surface area contributed by atoms with Crippen LogP contribution in [0.3, 0.4) is 0 Å². The molecule has 2 rings (SSSR count). The predicted octanol–water partition coefficient (Wildman–Crippen LogP) is 1.30. The largest absolute Gasteiger partial charge is 0.476 e. The molecule has 2 aromatic rings. The van der Waals surface area contributed by atoms with Crippen LogP contribution in [0.15, 0.2) is 40.9 Å². The van der Waals surface area contributed by atoms with Crippen molar-refractivity contribution in [2.75, 3.05) is 19.7 Å². The van der Waals surface area contributed by atoms with Gasteiger partial charge in [-0.1, -0.05) is 35.5 Å². The number of carboxylic acids is 1. The van der Waals surface area contributed by atoms with E-state index in [2.05, 4.69) is 20.8 Å². The quantitative estimate of drug-likeness (QED) is 0.299. The molecule has 0 fully saturated rings. The van der Waals surface area contributed by atoms with Gasteiger partial charge in [0, 0.05) is 18.5 Å². The molecule has 29 heavy (non-hydrogen) atoms. The molecule has 11 heteroatoms. The van der Waals surface area contributed by atoms with Crippen molar-refractivity contribution in [3.63, 3.8) is 0 Å². The van der Waals surface area contributed by atoms with Gasteiger partial charge in [0.25, 0.3) is 5.91 Å². The van der Waals surface area contributed by atoms with Gasteiger partial charge < -0.3 is 25.3 Å². The van der Waals surface area contributed by atoms with Crippen LogP contribution in [-0.2, 0) is 25.8 Å². The molecule has 0 bridgehead atoms. The molecule has 0 aliphatic carbocycles. The van der Waals surface area contributed by atoms with Gasteiger partial charge in [-0.2, -0.15) is 0 Å². The molecule has 0 aliphatic rings.